The quantitative estimate of drug-likeness (QED) is 0.907. The van der Waals surface area contributed by atoms with Gasteiger partial charge in [0, 0.05) is 11.1 Å². The summed E-state index contributed by atoms with van der Waals surface area (Å²) in [4.78, 5) is 4.34. The lowest BCUT2D eigenvalue weighted by Crippen LogP contribution is -2.32. The Morgan fingerprint density at radius 1 is 1.61 bits per heavy atom. The zero-order valence-electron chi connectivity index (χ0n) is 11.0. The van der Waals surface area contributed by atoms with Crippen molar-refractivity contribution in [2.45, 2.75) is 52.1 Å². The molecule has 1 fully saturated rings. The standard InChI is InChI=1S/C14H20N2OS/c1-3-11-4-6-14(9-15,7-5-11)12(17)13-16-10(2)8-18-13/h8,11-12,17H,3-7H2,1-2H3. The van der Waals surface area contributed by atoms with Gasteiger partial charge in [-0.15, -0.1) is 11.3 Å². The number of rotatable bonds is 3. The van der Waals surface area contributed by atoms with Crippen LogP contribution in [0.25, 0.3) is 0 Å². The molecule has 1 aliphatic carbocycles. The molecule has 0 radical (unpaired) electrons. The molecule has 0 amide bonds. The van der Waals surface area contributed by atoms with Crippen molar-refractivity contribution in [1.29, 1.82) is 5.26 Å². The van der Waals surface area contributed by atoms with E-state index in [9.17, 15) is 10.4 Å². The number of aromatic nitrogens is 1. The van der Waals surface area contributed by atoms with E-state index >= 15 is 0 Å². The smallest absolute Gasteiger partial charge is 0.124 e. The fraction of sp³-hybridized carbons (Fsp3) is 0.714. The molecule has 0 aromatic carbocycles. The van der Waals surface area contributed by atoms with Crippen molar-refractivity contribution in [1.82, 2.24) is 4.98 Å². The van der Waals surface area contributed by atoms with Gasteiger partial charge in [-0.25, -0.2) is 4.98 Å². The molecule has 2 rings (SSSR count). The van der Waals surface area contributed by atoms with E-state index in [2.05, 4.69) is 18.0 Å². The Morgan fingerprint density at radius 2 is 2.28 bits per heavy atom. The molecule has 1 aliphatic rings. The first kappa shape index (κ1) is 13.5. The molecule has 0 bridgehead atoms. The molecule has 0 spiro atoms. The van der Waals surface area contributed by atoms with Crippen LogP contribution in [0.1, 0.15) is 55.8 Å². The largest absolute Gasteiger partial charge is 0.384 e. The monoisotopic (exact) mass is 264 g/mol. The molecular formula is C14H20N2OS. The Balaban J connectivity index is 2.16. The summed E-state index contributed by atoms with van der Waals surface area (Å²) in [5.41, 5.74) is 0.306. The van der Waals surface area contributed by atoms with E-state index in [-0.39, 0.29) is 0 Å². The summed E-state index contributed by atoms with van der Waals surface area (Å²) in [7, 11) is 0. The zero-order chi connectivity index (χ0) is 13.2. The van der Waals surface area contributed by atoms with Gasteiger partial charge in [0.2, 0.25) is 0 Å². The Kier molecular flexibility index (Phi) is 4.04. The molecule has 0 aliphatic heterocycles. The molecule has 1 heterocycles. The van der Waals surface area contributed by atoms with Crippen LogP contribution in [0.3, 0.4) is 0 Å². The van der Waals surface area contributed by atoms with Crippen LogP contribution in [-0.4, -0.2) is 10.1 Å². The van der Waals surface area contributed by atoms with E-state index in [0.717, 1.165) is 37.3 Å². The minimum atomic E-state index is -0.723. The Labute approximate surface area is 112 Å². The molecule has 1 N–H and O–H groups in total. The van der Waals surface area contributed by atoms with E-state index in [0.29, 0.717) is 5.01 Å². The van der Waals surface area contributed by atoms with Crippen molar-refractivity contribution in [3.8, 4) is 6.07 Å². The second-order valence-corrected chi connectivity index (χ2v) is 6.24. The minimum Gasteiger partial charge on any atom is -0.384 e. The van der Waals surface area contributed by atoms with Crippen LogP contribution in [0, 0.1) is 29.6 Å². The van der Waals surface area contributed by atoms with Gasteiger partial charge in [0.25, 0.3) is 0 Å². The maximum absolute atomic E-state index is 10.5. The summed E-state index contributed by atoms with van der Waals surface area (Å²) in [5, 5.41) is 22.6. The van der Waals surface area contributed by atoms with Gasteiger partial charge in [-0.2, -0.15) is 5.26 Å². The highest BCUT2D eigenvalue weighted by atomic mass is 32.1. The van der Waals surface area contributed by atoms with Crippen LogP contribution in [0.2, 0.25) is 0 Å². The highest BCUT2D eigenvalue weighted by Crippen LogP contribution is 2.48. The predicted octanol–water partition coefficient (Wildman–Crippen LogP) is 3.60. The summed E-state index contributed by atoms with van der Waals surface area (Å²) in [6, 6.07) is 2.39. The van der Waals surface area contributed by atoms with E-state index in [4.69, 9.17) is 0 Å². The highest BCUT2D eigenvalue weighted by molar-refractivity contribution is 7.09. The third kappa shape index (κ3) is 2.43. The number of hydrogen-bond donors (Lipinski definition) is 1. The Morgan fingerprint density at radius 3 is 2.72 bits per heavy atom. The van der Waals surface area contributed by atoms with Crippen LogP contribution in [0.15, 0.2) is 5.38 Å². The van der Waals surface area contributed by atoms with Crippen molar-refractivity contribution in [3.63, 3.8) is 0 Å². The van der Waals surface area contributed by atoms with Gasteiger partial charge in [-0.3, -0.25) is 0 Å². The maximum Gasteiger partial charge on any atom is 0.124 e. The van der Waals surface area contributed by atoms with Crippen LogP contribution in [-0.2, 0) is 0 Å². The predicted molar refractivity (Wildman–Crippen MR) is 72.1 cm³/mol. The van der Waals surface area contributed by atoms with Crippen molar-refractivity contribution in [2.24, 2.45) is 11.3 Å². The lowest BCUT2D eigenvalue weighted by Gasteiger charge is -2.37. The molecule has 3 nitrogen and oxygen atoms in total. The number of aryl methyl sites for hydroxylation is 1. The topological polar surface area (TPSA) is 56.9 Å². The molecule has 1 aromatic heterocycles. The van der Waals surface area contributed by atoms with Gasteiger partial charge in [0.05, 0.1) is 11.5 Å². The van der Waals surface area contributed by atoms with Crippen molar-refractivity contribution in [2.75, 3.05) is 0 Å². The number of aliphatic hydroxyl groups is 1. The van der Waals surface area contributed by atoms with Gasteiger partial charge in [0.1, 0.15) is 11.1 Å². The van der Waals surface area contributed by atoms with Crippen LogP contribution in [0.5, 0.6) is 0 Å². The van der Waals surface area contributed by atoms with Gasteiger partial charge in [-0.05, 0) is 38.5 Å². The van der Waals surface area contributed by atoms with Gasteiger partial charge in [-0.1, -0.05) is 13.3 Å². The van der Waals surface area contributed by atoms with Crippen molar-refractivity contribution < 1.29 is 5.11 Å². The third-order valence-corrected chi connectivity index (χ3v) is 5.21. The molecule has 18 heavy (non-hydrogen) atoms. The normalized spacial score (nSPS) is 29.8. The van der Waals surface area contributed by atoms with Gasteiger partial charge < -0.3 is 5.11 Å². The molecule has 1 saturated carbocycles. The van der Waals surface area contributed by atoms with Crippen molar-refractivity contribution in [3.05, 3.63) is 16.1 Å². The molecular weight excluding hydrogens is 244 g/mol. The second-order valence-electron chi connectivity index (χ2n) is 5.35. The lowest BCUT2D eigenvalue weighted by atomic mass is 9.68. The first-order valence-electron chi connectivity index (χ1n) is 6.62. The molecule has 4 heteroatoms. The molecule has 1 aromatic rings. The number of nitriles is 1. The van der Waals surface area contributed by atoms with Gasteiger partial charge in [0.15, 0.2) is 0 Å². The summed E-state index contributed by atoms with van der Waals surface area (Å²) in [5.74, 6) is 0.719. The minimum absolute atomic E-state index is 0.615. The Hall–Kier alpha value is -0.920. The average molecular weight is 264 g/mol. The van der Waals surface area contributed by atoms with Gasteiger partial charge >= 0.3 is 0 Å². The summed E-state index contributed by atoms with van der Waals surface area (Å²) in [6.07, 6.45) is 4.13. The lowest BCUT2D eigenvalue weighted by molar-refractivity contribution is 0.0240. The maximum atomic E-state index is 10.5. The molecule has 1 unspecified atom stereocenters. The van der Waals surface area contributed by atoms with Crippen LogP contribution in [0.4, 0.5) is 0 Å². The second kappa shape index (κ2) is 5.38. The fourth-order valence-electron chi connectivity index (χ4n) is 2.78. The van der Waals surface area contributed by atoms with Crippen LogP contribution < -0.4 is 0 Å². The summed E-state index contributed by atoms with van der Waals surface area (Å²) in [6.45, 7) is 4.12. The first-order valence-corrected chi connectivity index (χ1v) is 7.50. The number of hydrogen-bond acceptors (Lipinski definition) is 4. The van der Waals surface area contributed by atoms with E-state index in [1.54, 1.807) is 0 Å². The number of thiazole rings is 1. The molecule has 0 saturated heterocycles. The fourth-order valence-corrected chi connectivity index (χ4v) is 3.68. The third-order valence-electron chi connectivity index (χ3n) is 4.19. The first-order chi connectivity index (χ1) is 8.61. The van der Waals surface area contributed by atoms with E-state index in [1.165, 1.54) is 17.8 Å². The summed E-state index contributed by atoms with van der Waals surface area (Å²) < 4.78 is 0. The van der Waals surface area contributed by atoms with Crippen molar-refractivity contribution >= 4 is 11.3 Å². The van der Waals surface area contributed by atoms with E-state index < -0.39 is 11.5 Å². The highest BCUT2D eigenvalue weighted by Gasteiger charge is 2.43. The number of aliphatic hydroxyl groups excluding tert-OH is 1. The molecule has 98 valence electrons. The molecule has 1 atom stereocenters. The Bertz CT molecular complexity index is 441. The van der Waals surface area contributed by atoms with E-state index in [1.807, 2.05) is 12.3 Å². The zero-order valence-corrected chi connectivity index (χ0v) is 11.8. The number of nitrogens with zero attached hydrogens (tertiary/aromatic N) is 2. The van der Waals surface area contributed by atoms with Crippen LogP contribution >= 0.6 is 11.3 Å². The average Bonchev–Trinajstić information content (AvgIpc) is 2.84. The SMILES string of the molecule is CCC1CCC(C#N)(C(O)c2nc(C)cs2)CC1. The summed E-state index contributed by atoms with van der Waals surface area (Å²) >= 11 is 1.46.